The zero-order chi connectivity index (χ0) is 46.6. The van der Waals surface area contributed by atoms with Crippen LogP contribution in [0.4, 0.5) is 0 Å². The topological polar surface area (TPSA) is 182 Å². The van der Waals surface area contributed by atoms with Gasteiger partial charge in [0.2, 0.25) is 11.8 Å². The first kappa shape index (κ1) is 53.3. The number of nitrogens with one attached hydrogen (secondary N) is 3. The molecule has 0 bridgehead atoms. The molecular formula is C48H65Cl3N4O8. The number of phenolic OH excluding ortho intramolecular Hbond substituents is 1. The highest BCUT2D eigenvalue weighted by Crippen LogP contribution is 2.35. The number of aliphatic hydroxyl groups is 1. The number of nitrogens with zero attached hydrogens (tertiary/aromatic N) is 1. The molecule has 1 aliphatic rings. The molecule has 12 nitrogen and oxygen atoms in total. The fourth-order valence-electron chi connectivity index (χ4n) is 8.16. The monoisotopic (exact) mass is 930 g/mol. The van der Waals surface area contributed by atoms with E-state index in [4.69, 9.17) is 41.2 Å². The molecule has 3 amide bonds. The van der Waals surface area contributed by atoms with E-state index in [1.54, 1.807) is 6.07 Å². The van der Waals surface area contributed by atoms with Crippen molar-refractivity contribution >= 4 is 69.9 Å². The molecule has 1 fully saturated rings. The summed E-state index contributed by atoms with van der Waals surface area (Å²) in [5.41, 5.74) is 0.686. The van der Waals surface area contributed by atoms with Gasteiger partial charge in [-0.2, -0.15) is 0 Å². The van der Waals surface area contributed by atoms with E-state index in [0.29, 0.717) is 37.7 Å². The number of ketones is 3. The fraction of sp³-hybridized carbons (Fsp3) is 0.583. The van der Waals surface area contributed by atoms with E-state index in [2.05, 4.69) is 40.6 Å². The van der Waals surface area contributed by atoms with Gasteiger partial charge in [0.1, 0.15) is 11.8 Å². The van der Waals surface area contributed by atoms with Crippen molar-refractivity contribution < 1.29 is 39.0 Å². The first-order valence-corrected chi connectivity index (χ1v) is 23.4. The summed E-state index contributed by atoms with van der Waals surface area (Å²) in [7, 11) is 0. The minimum absolute atomic E-state index is 0.00310. The summed E-state index contributed by atoms with van der Waals surface area (Å²) in [4.78, 5) is 85.8. The van der Waals surface area contributed by atoms with E-state index in [1.165, 1.54) is 30.3 Å². The van der Waals surface area contributed by atoms with E-state index in [9.17, 15) is 39.0 Å². The van der Waals surface area contributed by atoms with Crippen LogP contribution in [0.15, 0.2) is 36.4 Å². The van der Waals surface area contributed by atoms with Crippen LogP contribution in [0, 0.1) is 36.0 Å². The molecule has 1 saturated carbocycles. The number of hydrogen-bond donors (Lipinski definition) is 5. The molecule has 0 heterocycles. The molecule has 0 saturated heterocycles. The number of amides is 3. The molecule has 0 unspecified atom stereocenters. The van der Waals surface area contributed by atoms with E-state index < -0.39 is 65.9 Å². The molecule has 346 valence electrons. The summed E-state index contributed by atoms with van der Waals surface area (Å²) in [6.07, 6.45) is 10.4. The smallest absolute Gasteiger partial charge is 0.251 e. The van der Waals surface area contributed by atoms with Crippen LogP contribution in [0.3, 0.4) is 0 Å². The van der Waals surface area contributed by atoms with Gasteiger partial charge in [-0.15, -0.1) is 12.3 Å². The van der Waals surface area contributed by atoms with Crippen molar-refractivity contribution in [2.75, 3.05) is 26.2 Å². The average Bonchev–Trinajstić information content (AvgIpc) is 3.80. The summed E-state index contributed by atoms with van der Waals surface area (Å²) in [6.45, 7) is 9.84. The van der Waals surface area contributed by atoms with Gasteiger partial charge in [-0.3, -0.25) is 28.8 Å². The Hall–Kier alpha value is -3.99. The number of aromatic hydroxyl groups is 1. The summed E-state index contributed by atoms with van der Waals surface area (Å²) in [5.74, 6) is -2.72. The van der Waals surface area contributed by atoms with Gasteiger partial charge in [-0.1, -0.05) is 94.2 Å². The lowest BCUT2D eigenvalue weighted by molar-refractivity contribution is -0.136. The second-order valence-corrected chi connectivity index (χ2v) is 18.0. The van der Waals surface area contributed by atoms with Crippen molar-refractivity contribution in [2.24, 2.45) is 23.7 Å². The van der Waals surface area contributed by atoms with Crippen molar-refractivity contribution in [3.63, 3.8) is 0 Å². The Labute approximate surface area is 387 Å². The Morgan fingerprint density at radius 3 is 2.10 bits per heavy atom. The standard InChI is InChI=1S/C48H65Cl3N4O8/c1-6-10-18-42(58)40(29-56)53-46(61)33(17-13-14-21-55(8-3)9-4)26-44(60)45(30(5)7-2)54-48(63)37(32-15-11-12-16-32)28-43(59)39(23-31-19-20-41(57)38(51)22-31)52-47(62)34-24-35(49)27-36(50)25-34/h1,19-20,22,24-25,27,30,32-33,37,39-40,45,56-57H,7-18,21,23,26,28-29H2,2-5H3,(H,52,62)(H,53,61)(H,54,63)/t30-,33+,37-,39-,40-,45-/m0/s1. The Morgan fingerprint density at radius 1 is 0.841 bits per heavy atom. The van der Waals surface area contributed by atoms with E-state index >= 15 is 0 Å². The molecule has 3 rings (SSSR count). The SMILES string of the molecule is C#CCCC(=O)[C@H](CO)NC(=O)[C@H](CCCCN(CC)CC)CC(=O)[C@@H](NC(=O)[C@@H](CC(=O)[C@H](Cc1ccc(O)c(Cl)c1)NC(=O)c1cc(Cl)cc(Cl)c1)C1CCCC1)[C@@H](C)CC. The maximum Gasteiger partial charge on any atom is 0.251 e. The number of benzene rings is 2. The van der Waals surface area contributed by atoms with Gasteiger partial charge >= 0.3 is 0 Å². The third kappa shape index (κ3) is 17.2. The normalized spacial score (nSPS) is 15.7. The molecule has 1 aliphatic carbocycles. The lowest BCUT2D eigenvalue weighted by atomic mass is 9.82. The third-order valence-corrected chi connectivity index (χ3v) is 13.0. The first-order valence-electron chi connectivity index (χ1n) is 22.2. The van der Waals surface area contributed by atoms with Gasteiger partial charge in [-0.05, 0) is 99.5 Å². The number of hydrogen-bond acceptors (Lipinski definition) is 9. The molecule has 63 heavy (non-hydrogen) atoms. The van der Waals surface area contributed by atoms with Crippen molar-refractivity contribution in [2.45, 2.75) is 129 Å². The van der Waals surface area contributed by atoms with Gasteiger partial charge < -0.3 is 31.1 Å². The van der Waals surface area contributed by atoms with Gasteiger partial charge in [0.05, 0.1) is 23.7 Å². The van der Waals surface area contributed by atoms with E-state index in [1.807, 2.05) is 13.8 Å². The van der Waals surface area contributed by atoms with Crippen LogP contribution in [0.1, 0.15) is 121 Å². The van der Waals surface area contributed by atoms with Crippen molar-refractivity contribution in [3.8, 4) is 18.1 Å². The number of aliphatic hydroxyl groups excluding tert-OH is 1. The third-order valence-electron chi connectivity index (χ3n) is 12.2. The molecule has 0 aromatic heterocycles. The van der Waals surface area contributed by atoms with Crippen LogP contribution < -0.4 is 16.0 Å². The molecule has 0 spiro atoms. The van der Waals surface area contributed by atoms with Crippen LogP contribution in [0.5, 0.6) is 5.75 Å². The summed E-state index contributed by atoms with van der Waals surface area (Å²) >= 11 is 18.6. The maximum absolute atomic E-state index is 14.5. The second-order valence-electron chi connectivity index (χ2n) is 16.7. The minimum Gasteiger partial charge on any atom is -0.506 e. The zero-order valence-electron chi connectivity index (χ0n) is 37.0. The molecule has 2 aromatic carbocycles. The number of halogens is 3. The van der Waals surface area contributed by atoms with Gasteiger partial charge in [0.25, 0.3) is 5.91 Å². The van der Waals surface area contributed by atoms with Crippen LogP contribution in [-0.4, -0.2) is 94.6 Å². The maximum atomic E-state index is 14.5. The zero-order valence-corrected chi connectivity index (χ0v) is 39.3. The van der Waals surface area contributed by atoms with Crippen molar-refractivity contribution in [1.29, 1.82) is 0 Å². The molecule has 5 N–H and O–H groups in total. The number of carbonyl (C=O) groups is 6. The first-order chi connectivity index (χ1) is 30.0. The summed E-state index contributed by atoms with van der Waals surface area (Å²) in [5, 5.41) is 29.0. The highest BCUT2D eigenvalue weighted by Gasteiger charge is 2.38. The lowest BCUT2D eigenvalue weighted by Crippen LogP contribution is -2.51. The Balaban J connectivity index is 1.91. The van der Waals surface area contributed by atoms with Crippen LogP contribution >= 0.6 is 34.8 Å². The van der Waals surface area contributed by atoms with Crippen molar-refractivity contribution in [3.05, 3.63) is 62.6 Å². The Bertz CT molecular complexity index is 1890. The van der Waals surface area contributed by atoms with E-state index in [0.717, 1.165) is 38.9 Å². The van der Waals surface area contributed by atoms with Gasteiger partial charge in [0.15, 0.2) is 17.3 Å². The number of carbonyl (C=O) groups excluding carboxylic acids is 6. The molecule has 2 aromatic rings. The predicted molar refractivity (Wildman–Crippen MR) is 248 cm³/mol. The van der Waals surface area contributed by atoms with Crippen LogP contribution in [0.25, 0.3) is 0 Å². The number of phenols is 1. The van der Waals surface area contributed by atoms with Gasteiger partial charge in [-0.25, -0.2) is 0 Å². The Morgan fingerprint density at radius 2 is 1.51 bits per heavy atom. The largest absolute Gasteiger partial charge is 0.506 e. The van der Waals surface area contributed by atoms with Crippen molar-refractivity contribution in [1.82, 2.24) is 20.9 Å². The Kier molecular flexibility index (Phi) is 23.2. The summed E-state index contributed by atoms with van der Waals surface area (Å²) < 4.78 is 0. The van der Waals surface area contributed by atoms with Crippen LogP contribution in [0.2, 0.25) is 15.1 Å². The highest BCUT2D eigenvalue weighted by atomic mass is 35.5. The fourth-order valence-corrected chi connectivity index (χ4v) is 8.89. The number of rotatable bonds is 28. The van der Waals surface area contributed by atoms with Crippen LogP contribution in [-0.2, 0) is 30.4 Å². The predicted octanol–water partition coefficient (Wildman–Crippen LogP) is 7.54. The van der Waals surface area contributed by atoms with E-state index in [-0.39, 0.29) is 76.1 Å². The molecule has 6 atom stereocenters. The quantitative estimate of drug-likeness (QED) is 0.0426. The highest BCUT2D eigenvalue weighted by molar-refractivity contribution is 6.35. The molecule has 15 heteroatoms. The second kappa shape index (κ2) is 27.4. The molecule has 0 radical (unpaired) electrons. The molecule has 0 aliphatic heterocycles. The number of unbranched alkanes of at least 4 members (excludes halogenated alkanes) is 1. The average molecular weight is 932 g/mol. The lowest BCUT2D eigenvalue weighted by Gasteiger charge is -2.30. The molecular weight excluding hydrogens is 867 g/mol. The van der Waals surface area contributed by atoms with Gasteiger partial charge in [0, 0.05) is 53.1 Å². The number of Topliss-reactive ketones (excluding diaryl/α,β-unsaturated/α-hetero) is 3. The minimum atomic E-state index is -1.17. The summed E-state index contributed by atoms with van der Waals surface area (Å²) in [6, 6.07) is 5.54. The number of terminal acetylenes is 1.